The van der Waals surface area contributed by atoms with Crippen molar-refractivity contribution in [2.75, 3.05) is 19.8 Å². The molecule has 11 nitrogen and oxygen atoms in total. The summed E-state index contributed by atoms with van der Waals surface area (Å²) in [6.07, 6.45) is 2.26. The lowest BCUT2D eigenvalue weighted by atomic mass is 9.78. The van der Waals surface area contributed by atoms with Gasteiger partial charge in [-0.05, 0) is 61.1 Å². The lowest BCUT2D eigenvalue weighted by Gasteiger charge is -2.39. The number of ether oxygens (including phenoxy) is 1. The third kappa shape index (κ3) is 8.04. The Balaban J connectivity index is 1.68. The van der Waals surface area contributed by atoms with Gasteiger partial charge in [-0.25, -0.2) is 4.79 Å². The number of fused-ring (bicyclic) bond motifs is 3. The van der Waals surface area contributed by atoms with E-state index in [4.69, 9.17) is 27.9 Å². The zero-order chi connectivity index (χ0) is 32.9. The second-order valence-corrected chi connectivity index (χ2v) is 13.4. The third-order valence-electron chi connectivity index (χ3n) is 9.56. The van der Waals surface area contributed by atoms with Gasteiger partial charge in [-0.1, -0.05) is 63.7 Å². The fourth-order valence-electron chi connectivity index (χ4n) is 6.26. The highest BCUT2D eigenvalue weighted by Crippen LogP contribution is 2.38. The summed E-state index contributed by atoms with van der Waals surface area (Å²) in [5, 5.41) is 22.4. The molecule has 2 unspecified atom stereocenters. The number of carbonyl (C=O) groups excluding carboxylic acids is 3. The molecule has 1 aromatic carbocycles. The number of aromatic nitrogens is 1. The molecule has 1 aliphatic heterocycles. The first-order valence-electron chi connectivity index (χ1n) is 15.8. The number of H-pyrrole nitrogens is 1. The maximum atomic E-state index is 14.5. The number of nitrogens with one attached hydrogen (secondary N) is 5. The van der Waals surface area contributed by atoms with Gasteiger partial charge in [-0.3, -0.25) is 14.4 Å². The Morgan fingerprint density at radius 3 is 2.29 bits per heavy atom. The largest absolute Gasteiger partial charge is 0.465 e. The van der Waals surface area contributed by atoms with Crippen LogP contribution in [0, 0.1) is 17.8 Å². The van der Waals surface area contributed by atoms with Crippen molar-refractivity contribution in [3.05, 3.63) is 33.4 Å². The third-order valence-corrected chi connectivity index (χ3v) is 10.1. The van der Waals surface area contributed by atoms with Crippen molar-refractivity contribution in [3.8, 4) is 0 Å². The molecule has 2 heterocycles. The van der Waals surface area contributed by atoms with Crippen LogP contribution in [-0.2, 0) is 32.0 Å². The van der Waals surface area contributed by atoms with Crippen molar-refractivity contribution in [3.63, 3.8) is 0 Å². The van der Waals surface area contributed by atoms with Crippen molar-refractivity contribution in [1.29, 1.82) is 0 Å². The Morgan fingerprint density at radius 2 is 1.67 bits per heavy atom. The highest BCUT2D eigenvalue weighted by atomic mass is 35.5. The maximum Gasteiger partial charge on any atom is 0.405 e. The summed E-state index contributed by atoms with van der Waals surface area (Å²) < 4.78 is 5.43. The van der Waals surface area contributed by atoms with Gasteiger partial charge in [-0.2, -0.15) is 0 Å². The normalized spacial score (nSPS) is 21.2. The van der Waals surface area contributed by atoms with Crippen LogP contribution in [0.5, 0.6) is 0 Å². The van der Waals surface area contributed by atoms with Gasteiger partial charge in [0.05, 0.1) is 10.5 Å². The minimum absolute atomic E-state index is 0.0911. The molecule has 0 bridgehead atoms. The smallest absolute Gasteiger partial charge is 0.405 e. The van der Waals surface area contributed by atoms with E-state index in [2.05, 4.69) is 26.3 Å². The Bertz CT molecular complexity index is 1410. The Hall–Kier alpha value is -3.02. The van der Waals surface area contributed by atoms with Gasteiger partial charge in [0.25, 0.3) is 0 Å². The molecule has 1 fully saturated rings. The summed E-state index contributed by atoms with van der Waals surface area (Å²) in [5.41, 5.74) is 0.865. The van der Waals surface area contributed by atoms with E-state index >= 15 is 0 Å². The molecule has 4 rings (SSSR count). The zero-order valence-electron chi connectivity index (χ0n) is 26.4. The number of halogens is 2. The monoisotopic (exact) mass is 665 g/mol. The summed E-state index contributed by atoms with van der Waals surface area (Å²) in [5.74, 6) is -1.62. The first-order chi connectivity index (χ1) is 21.4. The SMILES string of the molecule is CCC(C)[C@H](NC(=O)O)C(=O)N[C@]1(C(=O)N[C@H](C(=O)NCC2CCOCC2)C(C)CC)CCc2[nH]c3c(Cl)cc(Cl)cc3c2C1. The average Bonchev–Trinajstić information content (AvgIpc) is 3.38. The average molecular weight is 667 g/mol. The number of aryl methyl sites for hydroxylation is 1. The highest BCUT2D eigenvalue weighted by Gasteiger charge is 2.47. The van der Waals surface area contributed by atoms with Crippen LogP contribution in [0.15, 0.2) is 12.1 Å². The molecule has 2 aromatic rings. The molecule has 0 spiro atoms. The summed E-state index contributed by atoms with van der Waals surface area (Å²) in [6.45, 7) is 9.31. The number of carbonyl (C=O) groups is 4. The second kappa shape index (κ2) is 15.0. The van der Waals surface area contributed by atoms with E-state index in [1.165, 1.54) is 0 Å². The zero-order valence-corrected chi connectivity index (χ0v) is 27.9. The van der Waals surface area contributed by atoms with Crippen LogP contribution in [0.2, 0.25) is 10.0 Å². The first-order valence-corrected chi connectivity index (χ1v) is 16.6. The molecule has 0 radical (unpaired) electrons. The van der Waals surface area contributed by atoms with Crippen LogP contribution in [0.25, 0.3) is 10.9 Å². The van der Waals surface area contributed by atoms with Gasteiger partial charge < -0.3 is 36.1 Å². The molecule has 13 heteroatoms. The molecule has 2 aliphatic rings. The molecule has 4 amide bonds. The van der Waals surface area contributed by atoms with Crippen LogP contribution in [0.4, 0.5) is 4.79 Å². The van der Waals surface area contributed by atoms with Crippen LogP contribution in [0.3, 0.4) is 0 Å². The molecule has 1 aromatic heterocycles. The number of hydrogen-bond donors (Lipinski definition) is 6. The molecular formula is C32H45Cl2N5O6. The minimum atomic E-state index is -1.48. The summed E-state index contributed by atoms with van der Waals surface area (Å²) in [4.78, 5) is 56.8. The number of amides is 4. The molecule has 45 heavy (non-hydrogen) atoms. The predicted molar refractivity (Wildman–Crippen MR) is 174 cm³/mol. The predicted octanol–water partition coefficient (Wildman–Crippen LogP) is 4.57. The van der Waals surface area contributed by atoms with Gasteiger partial charge in [0, 0.05) is 42.3 Å². The minimum Gasteiger partial charge on any atom is -0.465 e. The van der Waals surface area contributed by atoms with E-state index in [1.807, 2.05) is 20.8 Å². The molecule has 1 aliphatic carbocycles. The standard InChI is InChI=1S/C32H45Cl2N5O6/c1-5-17(3)25(28(40)35-16-19-8-11-45-12-9-19)37-30(42)32(39-29(41)26(18(4)6-2)38-31(43)44)10-7-24-22(15-32)21-13-20(33)14-23(34)27(21)36-24/h13-14,17-19,25-26,36,38H,5-12,15-16H2,1-4H3,(H,35,40)(H,37,42)(H,39,41)(H,43,44)/t17?,18?,25-,26-,32+/m0/s1. The number of aromatic amines is 1. The van der Waals surface area contributed by atoms with Crippen LogP contribution < -0.4 is 21.3 Å². The molecular weight excluding hydrogens is 621 g/mol. The number of hydrogen-bond acceptors (Lipinski definition) is 5. The van der Waals surface area contributed by atoms with E-state index in [0.29, 0.717) is 60.5 Å². The van der Waals surface area contributed by atoms with Gasteiger partial charge in [0.15, 0.2) is 0 Å². The number of rotatable bonds is 12. The fourth-order valence-corrected chi connectivity index (χ4v) is 6.80. The number of carboxylic acid groups (broad SMARTS) is 1. The lowest BCUT2D eigenvalue weighted by molar-refractivity contribution is -0.138. The summed E-state index contributed by atoms with van der Waals surface area (Å²) in [6, 6.07) is 1.48. The van der Waals surface area contributed by atoms with E-state index in [1.54, 1.807) is 19.1 Å². The van der Waals surface area contributed by atoms with E-state index in [-0.39, 0.29) is 30.6 Å². The van der Waals surface area contributed by atoms with Crippen molar-refractivity contribution >= 4 is 57.9 Å². The molecule has 6 N–H and O–H groups in total. The molecule has 248 valence electrons. The summed E-state index contributed by atoms with van der Waals surface area (Å²) in [7, 11) is 0. The summed E-state index contributed by atoms with van der Waals surface area (Å²) >= 11 is 12.9. The quantitative estimate of drug-likeness (QED) is 0.195. The molecule has 1 saturated heterocycles. The van der Waals surface area contributed by atoms with E-state index < -0.39 is 35.5 Å². The number of benzene rings is 1. The van der Waals surface area contributed by atoms with Crippen molar-refractivity contribution in [2.24, 2.45) is 17.8 Å². The van der Waals surface area contributed by atoms with Crippen molar-refractivity contribution < 1.29 is 29.0 Å². The Morgan fingerprint density at radius 1 is 1.02 bits per heavy atom. The van der Waals surface area contributed by atoms with E-state index in [9.17, 15) is 24.3 Å². The van der Waals surface area contributed by atoms with Gasteiger partial charge >= 0.3 is 6.09 Å². The van der Waals surface area contributed by atoms with Crippen LogP contribution >= 0.6 is 23.2 Å². The van der Waals surface area contributed by atoms with Crippen LogP contribution in [-0.4, -0.2) is 71.3 Å². The first kappa shape index (κ1) is 34.8. The van der Waals surface area contributed by atoms with Gasteiger partial charge in [0.1, 0.15) is 17.6 Å². The Labute approximate surface area is 273 Å². The topological polar surface area (TPSA) is 162 Å². The van der Waals surface area contributed by atoms with Crippen molar-refractivity contribution in [2.45, 2.75) is 90.3 Å². The van der Waals surface area contributed by atoms with E-state index in [0.717, 1.165) is 29.5 Å². The fraction of sp³-hybridized carbons (Fsp3) is 0.625. The molecule has 5 atom stereocenters. The van der Waals surface area contributed by atoms with Crippen molar-refractivity contribution in [1.82, 2.24) is 26.3 Å². The van der Waals surface area contributed by atoms with Gasteiger partial charge in [0.2, 0.25) is 17.7 Å². The maximum absolute atomic E-state index is 14.5. The second-order valence-electron chi connectivity index (χ2n) is 12.6. The highest BCUT2D eigenvalue weighted by molar-refractivity contribution is 6.38. The van der Waals surface area contributed by atoms with Crippen LogP contribution in [0.1, 0.15) is 71.1 Å². The Kier molecular flexibility index (Phi) is 11.7. The molecule has 0 saturated carbocycles. The van der Waals surface area contributed by atoms with Gasteiger partial charge in [-0.15, -0.1) is 0 Å². The lowest BCUT2D eigenvalue weighted by Crippen LogP contribution is -2.67.